The Bertz CT molecular complexity index is 416. The summed E-state index contributed by atoms with van der Waals surface area (Å²) in [6.07, 6.45) is 0.214. The number of ether oxygens (including phenoxy) is 1. The van der Waals surface area contributed by atoms with Gasteiger partial charge in [-0.2, -0.15) is 0 Å². The molecule has 3 nitrogen and oxygen atoms in total. The molecule has 17 heavy (non-hydrogen) atoms. The lowest BCUT2D eigenvalue weighted by atomic mass is 10.1. The molecular formula is C14H19NO2. The number of anilines is 1. The summed E-state index contributed by atoms with van der Waals surface area (Å²) in [5.74, 6) is 0.118. The van der Waals surface area contributed by atoms with E-state index in [2.05, 4.69) is 18.7 Å². The molecule has 1 heterocycles. The first kappa shape index (κ1) is 12.1. The lowest BCUT2D eigenvalue weighted by molar-refractivity contribution is 0.0343. The molecule has 0 saturated carbocycles. The van der Waals surface area contributed by atoms with E-state index in [0.29, 0.717) is 12.6 Å². The number of nitrogens with zero attached hydrogens (tertiary/aromatic N) is 1. The third-order valence-electron chi connectivity index (χ3n) is 3.20. The first-order chi connectivity index (χ1) is 8.09. The van der Waals surface area contributed by atoms with E-state index in [9.17, 15) is 4.79 Å². The van der Waals surface area contributed by atoms with E-state index in [0.717, 1.165) is 17.8 Å². The second kappa shape index (κ2) is 4.88. The number of para-hydroxylation sites is 1. The number of hydrogen-bond donors (Lipinski definition) is 0. The highest BCUT2D eigenvalue weighted by Crippen LogP contribution is 2.25. The Morgan fingerprint density at radius 3 is 2.76 bits per heavy atom. The molecule has 0 radical (unpaired) electrons. The van der Waals surface area contributed by atoms with Gasteiger partial charge in [0, 0.05) is 23.8 Å². The Morgan fingerprint density at radius 1 is 1.35 bits per heavy atom. The monoisotopic (exact) mass is 233 g/mol. The molecule has 0 aromatic heterocycles. The summed E-state index contributed by atoms with van der Waals surface area (Å²) in [7, 11) is 0. The van der Waals surface area contributed by atoms with E-state index in [4.69, 9.17) is 4.74 Å². The Hall–Kier alpha value is -1.35. The predicted molar refractivity (Wildman–Crippen MR) is 68.7 cm³/mol. The number of carbonyl (C=O) groups is 1. The molecule has 2 unspecified atom stereocenters. The van der Waals surface area contributed by atoms with Crippen LogP contribution in [0.2, 0.25) is 0 Å². The van der Waals surface area contributed by atoms with Crippen molar-refractivity contribution in [1.82, 2.24) is 0 Å². The number of ketones is 1. The van der Waals surface area contributed by atoms with Crippen LogP contribution in [-0.2, 0) is 4.74 Å². The van der Waals surface area contributed by atoms with E-state index in [1.54, 1.807) is 6.92 Å². The van der Waals surface area contributed by atoms with Crippen LogP contribution in [0.15, 0.2) is 24.3 Å². The first-order valence-electron chi connectivity index (χ1n) is 6.08. The van der Waals surface area contributed by atoms with Crippen LogP contribution in [0.1, 0.15) is 31.1 Å². The molecule has 2 atom stereocenters. The third-order valence-corrected chi connectivity index (χ3v) is 3.20. The van der Waals surface area contributed by atoms with E-state index >= 15 is 0 Å². The highest BCUT2D eigenvalue weighted by Gasteiger charge is 2.25. The van der Waals surface area contributed by atoms with Crippen LogP contribution in [0.25, 0.3) is 0 Å². The van der Waals surface area contributed by atoms with Crippen LogP contribution in [0.4, 0.5) is 5.69 Å². The Labute approximate surface area is 102 Å². The van der Waals surface area contributed by atoms with Gasteiger partial charge in [-0.15, -0.1) is 0 Å². The van der Waals surface area contributed by atoms with Gasteiger partial charge in [-0.3, -0.25) is 4.79 Å². The zero-order valence-electron chi connectivity index (χ0n) is 10.6. The maximum absolute atomic E-state index is 11.6. The fraction of sp³-hybridized carbons (Fsp3) is 0.500. The van der Waals surface area contributed by atoms with Crippen LogP contribution in [0, 0.1) is 0 Å². The maximum atomic E-state index is 11.6. The molecule has 1 saturated heterocycles. The predicted octanol–water partition coefficient (Wildman–Crippen LogP) is 2.50. The number of benzene rings is 1. The molecule has 2 rings (SSSR count). The molecule has 0 N–H and O–H groups in total. The zero-order chi connectivity index (χ0) is 12.4. The van der Waals surface area contributed by atoms with Crippen molar-refractivity contribution in [3.8, 4) is 0 Å². The molecule has 1 aliphatic rings. The number of Topliss-reactive ketones (excluding diaryl/α,β-unsaturated/α-hetero) is 1. The molecule has 0 amide bonds. The molecule has 1 fully saturated rings. The fourth-order valence-corrected chi connectivity index (χ4v) is 2.26. The highest BCUT2D eigenvalue weighted by atomic mass is 16.5. The lowest BCUT2D eigenvalue weighted by Crippen LogP contribution is -2.47. The largest absolute Gasteiger partial charge is 0.375 e. The lowest BCUT2D eigenvalue weighted by Gasteiger charge is -2.39. The third kappa shape index (κ3) is 2.50. The maximum Gasteiger partial charge on any atom is 0.161 e. The van der Waals surface area contributed by atoms with Crippen molar-refractivity contribution in [3.63, 3.8) is 0 Å². The average molecular weight is 233 g/mol. The second-order valence-electron chi connectivity index (χ2n) is 4.72. The molecule has 1 aromatic rings. The van der Waals surface area contributed by atoms with Gasteiger partial charge in [0.05, 0.1) is 12.7 Å². The molecule has 1 aliphatic heterocycles. The summed E-state index contributed by atoms with van der Waals surface area (Å²) in [5, 5.41) is 0. The number of morpholine rings is 1. The van der Waals surface area contributed by atoms with Crippen LogP contribution in [-0.4, -0.2) is 31.1 Å². The highest BCUT2D eigenvalue weighted by molar-refractivity contribution is 5.99. The van der Waals surface area contributed by atoms with Crippen LogP contribution in [0.3, 0.4) is 0 Å². The van der Waals surface area contributed by atoms with Crippen molar-refractivity contribution in [1.29, 1.82) is 0 Å². The van der Waals surface area contributed by atoms with Gasteiger partial charge in [-0.1, -0.05) is 12.1 Å². The molecule has 0 aliphatic carbocycles. The van der Waals surface area contributed by atoms with Crippen molar-refractivity contribution >= 4 is 11.5 Å². The van der Waals surface area contributed by atoms with Gasteiger partial charge in [0.15, 0.2) is 5.78 Å². The Kier molecular flexibility index (Phi) is 3.48. The van der Waals surface area contributed by atoms with Crippen molar-refractivity contribution in [3.05, 3.63) is 29.8 Å². The fourth-order valence-electron chi connectivity index (χ4n) is 2.26. The van der Waals surface area contributed by atoms with Crippen molar-refractivity contribution in [2.24, 2.45) is 0 Å². The summed E-state index contributed by atoms with van der Waals surface area (Å²) in [6, 6.07) is 8.12. The summed E-state index contributed by atoms with van der Waals surface area (Å²) in [4.78, 5) is 13.9. The minimum Gasteiger partial charge on any atom is -0.375 e. The van der Waals surface area contributed by atoms with E-state index < -0.39 is 0 Å². The summed E-state index contributed by atoms with van der Waals surface area (Å²) in [5.41, 5.74) is 1.83. The molecule has 3 heteroatoms. The van der Waals surface area contributed by atoms with Gasteiger partial charge in [-0.05, 0) is 32.9 Å². The zero-order valence-corrected chi connectivity index (χ0v) is 10.6. The molecule has 0 spiro atoms. The second-order valence-corrected chi connectivity index (χ2v) is 4.72. The first-order valence-corrected chi connectivity index (χ1v) is 6.08. The standard InChI is InChI=1S/C14H19NO2/c1-10-9-17-11(2)8-15(10)14-7-5-4-6-13(14)12(3)16/h4-7,10-11H,8-9H2,1-3H3. The molecule has 0 bridgehead atoms. The quantitative estimate of drug-likeness (QED) is 0.735. The minimum absolute atomic E-state index is 0.118. The van der Waals surface area contributed by atoms with Crippen LogP contribution in [0.5, 0.6) is 0 Å². The minimum atomic E-state index is 0.118. The average Bonchev–Trinajstić information content (AvgIpc) is 2.32. The number of hydrogen-bond acceptors (Lipinski definition) is 3. The van der Waals surface area contributed by atoms with E-state index in [-0.39, 0.29) is 11.9 Å². The molecule has 1 aromatic carbocycles. The molecule has 92 valence electrons. The Morgan fingerprint density at radius 2 is 2.06 bits per heavy atom. The Balaban J connectivity index is 2.35. The van der Waals surface area contributed by atoms with Gasteiger partial charge in [0.1, 0.15) is 0 Å². The number of rotatable bonds is 2. The van der Waals surface area contributed by atoms with Crippen LogP contribution < -0.4 is 4.90 Å². The van der Waals surface area contributed by atoms with Gasteiger partial charge < -0.3 is 9.64 Å². The van der Waals surface area contributed by atoms with Crippen LogP contribution >= 0.6 is 0 Å². The van der Waals surface area contributed by atoms with Crippen molar-refractivity contribution in [2.45, 2.75) is 32.9 Å². The summed E-state index contributed by atoms with van der Waals surface area (Å²) >= 11 is 0. The molecular weight excluding hydrogens is 214 g/mol. The number of carbonyl (C=O) groups excluding carboxylic acids is 1. The topological polar surface area (TPSA) is 29.5 Å². The summed E-state index contributed by atoms with van der Waals surface area (Å²) < 4.78 is 5.62. The van der Waals surface area contributed by atoms with Gasteiger partial charge in [0.25, 0.3) is 0 Å². The van der Waals surface area contributed by atoms with Crippen molar-refractivity contribution in [2.75, 3.05) is 18.1 Å². The normalized spacial score (nSPS) is 24.8. The van der Waals surface area contributed by atoms with E-state index in [1.165, 1.54) is 0 Å². The van der Waals surface area contributed by atoms with Gasteiger partial charge in [0.2, 0.25) is 0 Å². The van der Waals surface area contributed by atoms with E-state index in [1.807, 2.05) is 24.3 Å². The smallest absolute Gasteiger partial charge is 0.161 e. The summed E-state index contributed by atoms with van der Waals surface area (Å²) in [6.45, 7) is 7.37. The van der Waals surface area contributed by atoms with Crippen molar-refractivity contribution < 1.29 is 9.53 Å². The van der Waals surface area contributed by atoms with Gasteiger partial charge >= 0.3 is 0 Å². The SMILES string of the molecule is CC(=O)c1ccccc1N1CC(C)OCC1C. The van der Waals surface area contributed by atoms with Gasteiger partial charge in [-0.25, -0.2) is 0 Å².